The van der Waals surface area contributed by atoms with Crippen molar-refractivity contribution in [2.75, 3.05) is 7.05 Å². The monoisotopic (exact) mass is 251 g/mol. The average Bonchev–Trinajstić information content (AvgIpc) is 2.30. The fourth-order valence-corrected chi connectivity index (χ4v) is 1.75. The average molecular weight is 251 g/mol. The number of aryl methyl sites for hydroxylation is 1. The summed E-state index contributed by atoms with van der Waals surface area (Å²) in [5, 5.41) is -0.217. The van der Waals surface area contributed by atoms with E-state index in [1.165, 1.54) is 5.56 Å². The first-order chi connectivity index (χ1) is 7.91. The highest BCUT2D eigenvalue weighted by atomic mass is 32.1. The Morgan fingerprint density at radius 3 is 2.29 bits per heavy atom. The third-order valence-electron chi connectivity index (χ3n) is 2.80. The Kier molecular flexibility index (Phi) is 5.06. The molecule has 0 aromatic heterocycles. The van der Waals surface area contributed by atoms with Crippen molar-refractivity contribution in [2.45, 2.75) is 32.6 Å². The highest BCUT2D eigenvalue weighted by Gasteiger charge is 2.21. The molecule has 0 fully saturated rings. The molecular formula is C14H21NOS. The van der Waals surface area contributed by atoms with E-state index in [9.17, 15) is 4.79 Å². The van der Waals surface area contributed by atoms with E-state index in [1.807, 2.05) is 20.9 Å². The van der Waals surface area contributed by atoms with Crippen molar-refractivity contribution < 1.29 is 4.79 Å². The molecule has 0 aliphatic carbocycles. The molecule has 0 saturated heterocycles. The van der Waals surface area contributed by atoms with Gasteiger partial charge in [-0.1, -0.05) is 43.7 Å². The summed E-state index contributed by atoms with van der Waals surface area (Å²) in [5.74, 6) is 0.343. The third kappa shape index (κ3) is 4.08. The number of carbonyl (C=O) groups is 1. The van der Waals surface area contributed by atoms with Crippen LogP contribution in [0.25, 0.3) is 0 Å². The van der Waals surface area contributed by atoms with Gasteiger partial charge in [-0.25, -0.2) is 0 Å². The van der Waals surface area contributed by atoms with Crippen LogP contribution in [0.2, 0.25) is 0 Å². The second kappa shape index (κ2) is 6.10. The fourth-order valence-electron chi connectivity index (χ4n) is 1.56. The van der Waals surface area contributed by atoms with Crippen LogP contribution in [0.5, 0.6) is 0 Å². The molecule has 0 saturated carbocycles. The van der Waals surface area contributed by atoms with Gasteiger partial charge in [0.15, 0.2) is 0 Å². The van der Waals surface area contributed by atoms with Gasteiger partial charge >= 0.3 is 0 Å². The molecule has 0 heterocycles. The third-order valence-corrected chi connectivity index (χ3v) is 3.62. The summed E-state index contributed by atoms with van der Waals surface area (Å²) in [6.07, 6.45) is 0. The van der Waals surface area contributed by atoms with Crippen LogP contribution in [0, 0.1) is 12.8 Å². The van der Waals surface area contributed by atoms with E-state index in [1.54, 1.807) is 4.90 Å². The maximum absolute atomic E-state index is 12.0. The number of carbonyl (C=O) groups excluding carboxylic acids is 1. The summed E-state index contributed by atoms with van der Waals surface area (Å²) in [5.41, 5.74) is 2.38. The van der Waals surface area contributed by atoms with Crippen LogP contribution in [0.4, 0.5) is 0 Å². The standard InChI is InChI=1S/C14H21NOS/c1-10(2)13(17)14(16)15(4)9-12-7-5-11(3)6-8-12/h5-8,10,13,17H,9H2,1-4H3. The zero-order valence-corrected chi connectivity index (χ0v) is 11.9. The van der Waals surface area contributed by atoms with E-state index in [0.29, 0.717) is 6.54 Å². The van der Waals surface area contributed by atoms with E-state index in [2.05, 4.69) is 43.8 Å². The van der Waals surface area contributed by atoms with Crippen molar-refractivity contribution in [2.24, 2.45) is 5.92 Å². The largest absolute Gasteiger partial charge is 0.340 e. The second-order valence-electron chi connectivity index (χ2n) is 4.87. The minimum absolute atomic E-state index is 0.0870. The van der Waals surface area contributed by atoms with Crippen molar-refractivity contribution in [3.63, 3.8) is 0 Å². The molecule has 1 aromatic rings. The summed E-state index contributed by atoms with van der Waals surface area (Å²) in [7, 11) is 1.83. The van der Waals surface area contributed by atoms with Gasteiger partial charge in [0, 0.05) is 13.6 Å². The lowest BCUT2D eigenvalue weighted by molar-refractivity contribution is -0.130. The van der Waals surface area contributed by atoms with Gasteiger partial charge in [0.1, 0.15) is 0 Å². The van der Waals surface area contributed by atoms with Gasteiger partial charge in [0.25, 0.3) is 0 Å². The van der Waals surface area contributed by atoms with Crippen LogP contribution < -0.4 is 0 Å². The number of benzene rings is 1. The maximum atomic E-state index is 12.0. The summed E-state index contributed by atoms with van der Waals surface area (Å²) in [6.45, 7) is 6.72. The summed E-state index contributed by atoms with van der Waals surface area (Å²) < 4.78 is 0. The molecule has 2 nitrogen and oxygen atoms in total. The molecule has 1 atom stereocenters. The lowest BCUT2D eigenvalue weighted by atomic mass is 10.1. The minimum Gasteiger partial charge on any atom is -0.340 e. The summed E-state index contributed by atoms with van der Waals surface area (Å²) >= 11 is 4.35. The van der Waals surface area contributed by atoms with Crippen molar-refractivity contribution in [1.29, 1.82) is 0 Å². The lowest BCUT2D eigenvalue weighted by Crippen LogP contribution is -2.35. The molecule has 0 spiro atoms. The van der Waals surface area contributed by atoms with E-state index in [-0.39, 0.29) is 17.1 Å². The van der Waals surface area contributed by atoms with Crippen LogP contribution >= 0.6 is 12.6 Å². The van der Waals surface area contributed by atoms with Crippen LogP contribution in [-0.4, -0.2) is 23.1 Å². The number of amides is 1. The zero-order chi connectivity index (χ0) is 13.0. The number of nitrogens with zero attached hydrogens (tertiary/aromatic N) is 1. The molecule has 1 aromatic carbocycles. The Morgan fingerprint density at radius 1 is 1.29 bits per heavy atom. The molecule has 17 heavy (non-hydrogen) atoms. The molecular weight excluding hydrogens is 230 g/mol. The van der Waals surface area contributed by atoms with E-state index >= 15 is 0 Å². The van der Waals surface area contributed by atoms with Gasteiger partial charge in [-0.3, -0.25) is 4.79 Å². The van der Waals surface area contributed by atoms with Crippen molar-refractivity contribution in [1.82, 2.24) is 4.90 Å². The van der Waals surface area contributed by atoms with Gasteiger partial charge in [0.2, 0.25) is 5.91 Å². The first-order valence-electron chi connectivity index (χ1n) is 5.90. The second-order valence-corrected chi connectivity index (χ2v) is 5.43. The highest BCUT2D eigenvalue weighted by molar-refractivity contribution is 7.81. The maximum Gasteiger partial charge on any atom is 0.235 e. The predicted octanol–water partition coefficient (Wildman–Crippen LogP) is 2.91. The molecule has 0 N–H and O–H groups in total. The van der Waals surface area contributed by atoms with E-state index in [4.69, 9.17) is 0 Å². The fraction of sp³-hybridized carbons (Fsp3) is 0.500. The van der Waals surface area contributed by atoms with E-state index in [0.717, 1.165) is 5.56 Å². The number of hydrogen-bond acceptors (Lipinski definition) is 2. The van der Waals surface area contributed by atoms with Gasteiger partial charge in [-0.05, 0) is 18.4 Å². The number of thiol groups is 1. The number of hydrogen-bond donors (Lipinski definition) is 1. The molecule has 1 rings (SSSR count). The Labute approximate surface area is 109 Å². The minimum atomic E-state index is -0.217. The zero-order valence-electron chi connectivity index (χ0n) is 11.0. The first-order valence-corrected chi connectivity index (χ1v) is 6.42. The van der Waals surface area contributed by atoms with Gasteiger partial charge in [0.05, 0.1) is 5.25 Å². The molecule has 0 aliphatic heterocycles. The molecule has 0 aliphatic rings. The molecule has 3 heteroatoms. The normalized spacial score (nSPS) is 12.6. The SMILES string of the molecule is Cc1ccc(CN(C)C(=O)C(S)C(C)C)cc1. The summed E-state index contributed by atoms with van der Waals surface area (Å²) in [6, 6.07) is 8.24. The Morgan fingerprint density at radius 2 is 1.82 bits per heavy atom. The Hall–Kier alpha value is -0.960. The highest BCUT2D eigenvalue weighted by Crippen LogP contribution is 2.14. The topological polar surface area (TPSA) is 20.3 Å². The van der Waals surface area contributed by atoms with E-state index < -0.39 is 0 Å². The van der Waals surface area contributed by atoms with Gasteiger partial charge in [-0.2, -0.15) is 12.6 Å². The van der Waals surface area contributed by atoms with Crippen molar-refractivity contribution in [3.8, 4) is 0 Å². The van der Waals surface area contributed by atoms with Crippen LogP contribution in [0.1, 0.15) is 25.0 Å². The molecule has 1 unspecified atom stereocenters. The molecule has 0 radical (unpaired) electrons. The quantitative estimate of drug-likeness (QED) is 0.816. The Balaban J connectivity index is 2.63. The smallest absolute Gasteiger partial charge is 0.235 e. The Bertz CT molecular complexity index is 372. The van der Waals surface area contributed by atoms with Crippen LogP contribution in [0.15, 0.2) is 24.3 Å². The molecule has 0 bridgehead atoms. The predicted molar refractivity (Wildman–Crippen MR) is 75.3 cm³/mol. The molecule has 94 valence electrons. The lowest BCUT2D eigenvalue weighted by Gasteiger charge is -2.23. The first kappa shape index (κ1) is 14.1. The van der Waals surface area contributed by atoms with Gasteiger partial charge in [-0.15, -0.1) is 0 Å². The van der Waals surface area contributed by atoms with Gasteiger partial charge < -0.3 is 4.90 Å². The molecule has 1 amide bonds. The van der Waals surface area contributed by atoms with Crippen molar-refractivity contribution in [3.05, 3.63) is 35.4 Å². The number of rotatable bonds is 4. The van der Waals surface area contributed by atoms with Crippen LogP contribution in [-0.2, 0) is 11.3 Å². The van der Waals surface area contributed by atoms with Crippen LogP contribution in [0.3, 0.4) is 0 Å². The van der Waals surface area contributed by atoms with Crippen molar-refractivity contribution >= 4 is 18.5 Å². The summed E-state index contributed by atoms with van der Waals surface area (Å²) in [4.78, 5) is 13.7.